The summed E-state index contributed by atoms with van der Waals surface area (Å²) in [5.74, 6) is 0.118. The molecule has 1 aliphatic heterocycles. The molecule has 1 heterocycles. The van der Waals surface area contributed by atoms with Gasteiger partial charge in [0.1, 0.15) is 5.75 Å². The first kappa shape index (κ1) is 20.7. The van der Waals surface area contributed by atoms with E-state index < -0.39 is 0 Å². The second kappa shape index (κ2) is 9.45. The number of nitrogens with zero attached hydrogens (tertiary/aromatic N) is 1. The standard InChI is InChI=1S/C23H29N3O3/c1-4-16(2)24-23(28)19-15-17(11-12-20(19)26-13-7-8-14-26)25-22(27)18-9-5-6-10-21(18)29-3/h5-6,9-12,15-16H,4,7-8,13-14H2,1-3H3,(H,24,28)(H,25,27). The fourth-order valence-electron chi connectivity index (χ4n) is 3.46. The molecule has 29 heavy (non-hydrogen) atoms. The molecule has 1 aliphatic rings. The molecule has 0 bridgehead atoms. The summed E-state index contributed by atoms with van der Waals surface area (Å²) >= 11 is 0. The maximum Gasteiger partial charge on any atom is 0.259 e. The molecule has 0 aliphatic carbocycles. The number of rotatable bonds is 7. The van der Waals surface area contributed by atoms with E-state index in [0.717, 1.165) is 38.0 Å². The number of nitrogens with one attached hydrogen (secondary N) is 2. The van der Waals surface area contributed by atoms with Crippen molar-refractivity contribution in [2.75, 3.05) is 30.4 Å². The lowest BCUT2D eigenvalue weighted by Gasteiger charge is -2.23. The molecule has 6 nitrogen and oxygen atoms in total. The van der Waals surface area contributed by atoms with Gasteiger partial charge in [0, 0.05) is 30.5 Å². The minimum absolute atomic E-state index is 0.0840. The van der Waals surface area contributed by atoms with E-state index in [1.165, 1.54) is 7.11 Å². The van der Waals surface area contributed by atoms with Crippen molar-refractivity contribution in [1.82, 2.24) is 5.32 Å². The van der Waals surface area contributed by atoms with E-state index in [1.54, 1.807) is 24.3 Å². The van der Waals surface area contributed by atoms with Crippen LogP contribution in [0.15, 0.2) is 42.5 Å². The molecule has 1 unspecified atom stereocenters. The summed E-state index contributed by atoms with van der Waals surface area (Å²) in [7, 11) is 1.54. The van der Waals surface area contributed by atoms with Crippen molar-refractivity contribution >= 4 is 23.2 Å². The predicted octanol–water partition coefficient (Wildman–Crippen LogP) is 4.08. The van der Waals surface area contributed by atoms with Gasteiger partial charge in [0.2, 0.25) is 0 Å². The number of benzene rings is 2. The van der Waals surface area contributed by atoms with Gasteiger partial charge in [0.15, 0.2) is 0 Å². The molecule has 154 valence electrons. The van der Waals surface area contributed by atoms with E-state index in [0.29, 0.717) is 22.6 Å². The minimum Gasteiger partial charge on any atom is -0.496 e. The maximum absolute atomic E-state index is 12.9. The highest BCUT2D eigenvalue weighted by atomic mass is 16.5. The Morgan fingerprint density at radius 1 is 1.07 bits per heavy atom. The second-order valence-electron chi connectivity index (χ2n) is 7.36. The van der Waals surface area contributed by atoms with Crippen molar-refractivity contribution < 1.29 is 14.3 Å². The molecule has 2 aromatic rings. The molecule has 1 atom stereocenters. The van der Waals surface area contributed by atoms with Gasteiger partial charge in [-0.05, 0) is 56.5 Å². The molecule has 3 rings (SSSR count). The Labute approximate surface area is 172 Å². The molecular formula is C23H29N3O3. The molecule has 0 radical (unpaired) electrons. The van der Waals surface area contributed by atoms with E-state index in [1.807, 2.05) is 32.0 Å². The van der Waals surface area contributed by atoms with E-state index in [2.05, 4.69) is 15.5 Å². The number of ether oxygens (including phenoxy) is 1. The van der Waals surface area contributed by atoms with Crippen molar-refractivity contribution in [1.29, 1.82) is 0 Å². The van der Waals surface area contributed by atoms with Crippen LogP contribution >= 0.6 is 0 Å². The predicted molar refractivity (Wildman–Crippen MR) is 116 cm³/mol. The van der Waals surface area contributed by atoms with Crippen molar-refractivity contribution in [2.24, 2.45) is 0 Å². The molecule has 0 aromatic heterocycles. The normalized spacial score (nSPS) is 14.4. The van der Waals surface area contributed by atoms with Gasteiger partial charge in [0.25, 0.3) is 11.8 Å². The van der Waals surface area contributed by atoms with Crippen LogP contribution in [0.3, 0.4) is 0 Å². The molecule has 2 amide bonds. The Kier molecular flexibility index (Phi) is 6.75. The summed E-state index contributed by atoms with van der Waals surface area (Å²) in [6.07, 6.45) is 3.10. The first-order valence-electron chi connectivity index (χ1n) is 10.2. The number of hydrogen-bond donors (Lipinski definition) is 2. The summed E-state index contributed by atoms with van der Waals surface area (Å²) in [4.78, 5) is 27.9. The van der Waals surface area contributed by atoms with Crippen molar-refractivity contribution in [3.05, 3.63) is 53.6 Å². The first-order valence-corrected chi connectivity index (χ1v) is 10.2. The summed E-state index contributed by atoms with van der Waals surface area (Å²) in [6, 6.07) is 12.7. The molecular weight excluding hydrogens is 366 g/mol. The van der Waals surface area contributed by atoms with Gasteiger partial charge < -0.3 is 20.3 Å². The van der Waals surface area contributed by atoms with Crippen molar-refractivity contribution in [3.8, 4) is 5.75 Å². The minimum atomic E-state index is -0.273. The van der Waals surface area contributed by atoms with Crippen molar-refractivity contribution in [2.45, 2.75) is 39.2 Å². The number of hydrogen-bond acceptors (Lipinski definition) is 4. The first-order chi connectivity index (χ1) is 14.0. The fraction of sp³-hybridized carbons (Fsp3) is 0.391. The topological polar surface area (TPSA) is 70.7 Å². The third-order valence-corrected chi connectivity index (χ3v) is 5.29. The Balaban J connectivity index is 1.88. The average molecular weight is 396 g/mol. The van der Waals surface area contributed by atoms with E-state index in [9.17, 15) is 9.59 Å². The van der Waals surface area contributed by atoms with Crippen LogP contribution in [0.5, 0.6) is 5.75 Å². The molecule has 1 fully saturated rings. The second-order valence-corrected chi connectivity index (χ2v) is 7.36. The fourth-order valence-corrected chi connectivity index (χ4v) is 3.46. The van der Waals surface area contributed by atoms with E-state index in [4.69, 9.17) is 4.74 Å². The highest BCUT2D eigenvalue weighted by Crippen LogP contribution is 2.28. The summed E-state index contributed by atoms with van der Waals surface area (Å²) in [5, 5.41) is 5.94. The van der Waals surface area contributed by atoms with Gasteiger partial charge in [0.05, 0.1) is 18.2 Å². The lowest BCUT2D eigenvalue weighted by Crippen LogP contribution is -2.33. The molecule has 0 spiro atoms. The average Bonchev–Trinajstić information content (AvgIpc) is 3.28. The molecule has 2 N–H and O–H groups in total. The number of carbonyl (C=O) groups excluding carboxylic acids is 2. The molecule has 6 heteroatoms. The monoisotopic (exact) mass is 395 g/mol. The zero-order valence-corrected chi connectivity index (χ0v) is 17.3. The Morgan fingerprint density at radius 3 is 2.48 bits per heavy atom. The SMILES string of the molecule is CCC(C)NC(=O)c1cc(NC(=O)c2ccccc2OC)ccc1N1CCCC1. The summed E-state index contributed by atoms with van der Waals surface area (Å²) in [5.41, 5.74) is 2.53. The molecule has 2 aromatic carbocycles. The van der Waals surface area contributed by atoms with Crippen LogP contribution in [-0.4, -0.2) is 38.1 Å². The number of amides is 2. The van der Waals surface area contributed by atoms with Crippen LogP contribution in [0, 0.1) is 0 Å². The summed E-state index contributed by atoms with van der Waals surface area (Å²) in [6.45, 7) is 5.91. The van der Waals surface area contributed by atoms with Crippen LogP contribution in [0.4, 0.5) is 11.4 Å². The molecule has 1 saturated heterocycles. The number of carbonyl (C=O) groups is 2. The lowest BCUT2D eigenvalue weighted by molar-refractivity contribution is 0.0938. The maximum atomic E-state index is 12.9. The largest absolute Gasteiger partial charge is 0.496 e. The molecule has 0 saturated carbocycles. The smallest absolute Gasteiger partial charge is 0.259 e. The Hall–Kier alpha value is -3.02. The van der Waals surface area contributed by atoms with Gasteiger partial charge in [-0.2, -0.15) is 0 Å². The van der Waals surface area contributed by atoms with Gasteiger partial charge >= 0.3 is 0 Å². The van der Waals surface area contributed by atoms with Crippen LogP contribution in [-0.2, 0) is 0 Å². The van der Waals surface area contributed by atoms with Gasteiger partial charge in [-0.25, -0.2) is 0 Å². The van der Waals surface area contributed by atoms with E-state index in [-0.39, 0.29) is 17.9 Å². The van der Waals surface area contributed by atoms with Crippen LogP contribution in [0.1, 0.15) is 53.8 Å². The zero-order chi connectivity index (χ0) is 20.8. The van der Waals surface area contributed by atoms with Gasteiger partial charge in [-0.15, -0.1) is 0 Å². The number of anilines is 2. The number of para-hydroxylation sites is 1. The number of methoxy groups -OCH3 is 1. The quantitative estimate of drug-likeness (QED) is 0.741. The van der Waals surface area contributed by atoms with E-state index >= 15 is 0 Å². The Morgan fingerprint density at radius 2 is 1.79 bits per heavy atom. The van der Waals surface area contributed by atoms with Crippen molar-refractivity contribution in [3.63, 3.8) is 0 Å². The zero-order valence-electron chi connectivity index (χ0n) is 17.3. The lowest BCUT2D eigenvalue weighted by atomic mass is 10.1. The highest BCUT2D eigenvalue weighted by molar-refractivity contribution is 6.07. The van der Waals surface area contributed by atoms with Crippen LogP contribution < -0.4 is 20.3 Å². The van der Waals surface area contributed by atoms with Gasteiger partial charge in [-0.3, -0.25) is 9.59 Å². The van der Waals surface area contributed by atoms with Crippen LogP contribution in [0.25, 0.3) is 0 Å². The third-order valence-electron chi connectivity index (χ3n) is 5.29. The Bertz CT molecular complexity index is 875. The third kappa shape index (κ3) is 4.88. The van der Waals surface area contributed by atoms with Crippen LogP contribution in [0.2, 0.25) is 0 Å². The van der Waals surface area contributed by atoms with Gasteiger partial charge in [-0.1, -0.05) is 19.1 Å². The highest BCUT2D eigenvalue weighted by Gasteiger charge is 2.21. The summed E-state index contributed by atoms with van der Waals surface area (Å²) < 4.78 is 5.28.